The highest BCUT2D eigenvalue weighted by molar-refractivity contribution is 5.65. The van der Waals surface area contributed by atoms with E-state index in [2.05, 4.69) is 28.5 Å². The lowest BCUT2D eigenvalue weighted by atomic mass is 10.1. The zero-order valence-electron chi connectivity index (χ0n) is 10.3. The van der Waals surface area contributed by atoms with E-state index in [0.29, 0.717) is 12.6 Å². The molecule has 0 amide bonds. The van der Waals surface area contributed by atoms with E-state index in [-0.39, 0.29) is 0 Å². The van der Waals surface area contributed by atoms with Gasteiger partial charge in [-0.2, -0.15) is 0 Å². The minimum absolute atomic E-state index is 0.517. The fourth-order valence-electron chi connectivity index (χ4n) is 2.01. The SMILES string of the molecule is NCc1cc(-c2ccccc2)cnc1NC1CC1. The first-order valence-electron chi connectivity index (χ1n) is 6.38. The third-order valence-electron chi connectivity index (χ3n) is 3.21. The smallest absolute Gasteiger partial charge is 0.130 e. The van der Waals surface area contributed by atoms with Crippen LogP contribution >= 0.6 is 0 Å². The molecule has 1 aliphatic carbocycles. The minimum Gasteiger partial charge on any atom is -0.367 e. The third kappa shape index (κ3) is 2.36. The van der Waals surface area contributed by atoms with Crippen molar-refractivity contribution < 1.29 is 0 Å². The second-order valence-electron chi connectivity index (χ2n) is 4.72. The van der Waals surface area contributed by atoms with Gasteiger partial charge in [-0.15, -0.1) is 0 Å². The summed E-state index contributed by atoms with van der Waals surface area (Å²) in [7, 11) is 0. The second kappa shape index (κ2) is 4.78. The van der Waals surface area contributed by atoms with Crippen molar-refractivity contribution in [3.05, 3.63) is 48.2 Å². The Morgan fingerprint density at radius 2 is 1.94 bits per heavy atom. The fourth-order valence-corrected chi connectivity index (χ4v) is 2.01. The lowest BCUT2D eigenvalue weighted by Crippen LogP contribution is -2.09. The number of nitrogens with two attached hydrogens (primary N) is 1. The summed E-state index contributed by atoms with van der Waals surface area (Å²) < 4.78 is 0. The van der Waals surface area contributed by atoms with Crippen molar-refractivity contribution in [2.24, 2.45) is 5.73 Å². The zero-order chi connectivity index (χ0) is 12.4. The topological polar surface area (TPSA) is 50.9 Å². The monoisotopic (exact) mass is 239 g/mol. The Balaban J connectivity index is 1.92. The van der Waals surface area contributed by atoms with Crippen LogP contribution in [0.25, 0.3) is 11.1 Å². The van der Waals surface area contributed by atoms with Crippen molar-refractivity contribution >= 4 is 5.82 Å². The van der Waals surface area contributed by atoms with E-state index in [9.17, 15) is 0 Å². The zero-order valence-corrected chi connectivity index (χ0v) is 10.3. The molecule has 1 aromatic heterocycles. The molecule has 0 spiro atoms. The quantitative estimate of drug-likeness (QED) is 0.862. The molecule has 3 nitrogen and oxygen atoms in total. The van der Waals surface area contributed by atoms with E-state index in [0.717, 1.165) is 16.9 Å². The van der Waals surface area contributed by atoms with E-state index in [1.54, 1.807) is 0 Å². The Labute approximate surface area is 107 Å². The molecule has 3 N–H and O–H groups in total. The maximum Gasteiger partial charge on any atom is 0.130 e. The van der Waals surface area contributed by atoms with Crippen LogP contribution in [0.15, 0.2) is 42.6 Å². The van der Waals surface area contributed by atoms with Crippen molar-refractivity contribution in [1.29, 1.82) is 0 Å². The molecule has 0 radical (unpaired) electrons. The average molecular weight is 239 g/mol. The third-order valence-corrected chi connectivity index (χ3v) is 3.21. The predicted molar refractivity (Wildman–Crippen MR) is 74.2 cm³/mol. The van der Waals surface area contributed by atoms with Gasteiger partial charge < -0.3 is 11.1 Å². The standard InChI is InChI=1S/C15H17N3/c16-9-12-8-13(11-4-2-1-3-5-11)10-17-15(12)18-14-6-7-14/h1-5,8,10,14H,6-7,9,16H2,(H,17,18). The molecule has 1 aliphatic rings. The van der Waals surface area contributed by atoms with Crippen LogP contribution in [0.5, 0.6) is 0 Å². The molecule has 3 heteroatoms. The van der Waals surface area contributed by atoms with Crippen molar-refractivity contribution in [2.75, 3.05) is 5.32 Å². The molecule has 2 aromatic rings. The van der Waals surface area contributed by atoms with E-state index < -0.39 is 0 Å². The lowest BCUT2D eigenvalue weighted by Gasteiger charge is -2.11. The number of pyridine rings is 1. The fraction of sp³-hybridized carbons (Fsp3) is 0.267. The molecule has 3 rings (SSSR count). The van der Waals surface area contributed by atoms with E-state index in [1.807, 2.05) is 24.4 Å². The normalized spacial score (nSPS) is 14.5. The first-order chi connectivity index (χ1) is 8.86. The summed E-state index contributed by atoms with van der Waals surface area (Å²) in [6, 6.07) is 13.0. The molecule has 0 saturated heterocycles. The molecule has 0 unspecified atom stereocenters. The summed E-state index contributed by atoms with van der Waals surface area (Å²) in [4.78, 5) is 4.51. The molecule has 18 heavy (non-hydrogen) atoms. The maximum absolute atomic E-state index is 5.81. The largest absolute Gasteiger partial charge is 0.367 e. The molecule has 1 fully saturated rings. The Morgan fingerprint density at radius 3 is 2.61 bits per heavy atom. The van der Waals surface area contributed by atoms with Crippen molar-refractivity contribution in [2.45, 2.75) is 25.4 Å². The second-order valence-corrected chi connectivity index (χ2v) is 4.72. The van der Waals surface area contributed by atoms with Crippen molar-refractivity contribution in [3.8, 4) is 11.1 Å². The van der Waals surface area contributed by atoms with Gasteiger partial charge in [-0.1, -0.05) is 30.3 Å². The van der Waals surface area contributed by atoms with E-state index in [4.69, 9.17) is 5.73 Å². The van der Waals surface area contributed by atoms with Gasteiger partial charge in [-0.25, -0.2) is 4.98 Å². The first kappa shape index (κ1) is 11.2. The summed E-state index contributed by atoms with van der Waals surface area (Å²) in [6.07, 6.45) is 4.40. The first-order valence-corrected chi connectivity index (χ1v) is 6.38. The van der Waals surface area contributed by atoms with Crippen LogP contribution in [0.1, 0.15) is 18.4 Å². The van der Waals surface area contributed by atoms with E-state index >= 15 is 0 Å². The van der Waals surface area contributed by atoms with Gasteiger partial charge in [0.05, 0.1) is 0 Å². The molecule has 1 saturated carbocycles. The number of rotatable bonds is 4. The van der Waals surface area contributed by atoms with Gasteiger partial charge in [0.1, 0.15) is 5.82 Å². The van der Waals surface area contributed by atoms with Crippen LogP contribution in [0.3, 0.4) is 0 Å². The van der Waals surface area contributed by atoms with Gasteiger partial charge in [0.15, 0.2) is 0 Å². The molecular weight excluding hydrogens is 222 g/mol. The van der Waals surface area contributed by atoms with Gasteiger partial charge >= 0.3 is 0 Å². The van der Waals surface area contributed by atoms with Crippen molar-refractivity contribution in [1.82, 2.24) is 4.98 Å². The van der Waals surface area contributed by atoms with Crippen LogP contribution in [0, 0.1) is 0 Å². The minimum atomic E-state index is 0.517. The van der Waals surface area contributed by atoms with Crippen LogP contribution in [-0.2, 0) is 6.54 Å². The summed E-state index contributed by atoms with van der Waals surface area (Å²) in [5.41, 5.74) is 9.20. The Bertz CT molecular complexity index is 533. The van der Waals surface area contributed by atoms with Crippen LogP contribution in [0.4, 0.5) is 5.82 Å². The highest BCUT2D eigenvalue weighted by atomic mass is 15.0. The highest BCUT2D eigenvalue weighted by Crippen LogP contribution is 2.27. The Hall–Kier alpha value is -1.87. The average Bonchev–Trinajstić information content (AvgIpc) is 3.24. The van der Waals surface area contributed by atoms with Gasteiger partial charge in [0.2, 0.25) is 0 Å². The van der Waals surface area contributed by atoms with Crippen LogP contribution in [-0.4, -0.2) is 11.0 Å². The number of aromatic nitrogens is 1. The summed E-state index contributed by atoms with van der Waals surface area (Å²) in [6.45, 7) is 0.517. The lowest BCUT2D eigenvalue weighted by molar-refractivity contribution is 1.02. The number of benzene rings is 1. The molecule has 0 bridgehead atoms. The predicted octanol–water partition coefficient (Wildman–Crippen LogP) is 2.78. The number of nitrogens with zero attached hydrogens (tertiary/aromatic N) is 1. The van der Waals surface area contributed by atoms with Crippen LogP contribution < -0.4 is 11.1 Å². The molecule has 1 aromatic carbocycles. The van der Waals surface area contributed by atoms with Gasteiger partial charge in [0, 0.05) is 29.9 Å². The molecule has 0 aliphatic heterocycles. The van der Waals surface area contributed by atoms with Crippen molar-refractivity contribution in [3.63, 3.8) is 0 Å². The van der Waals surface area contributed by atoms with Gasteiger partial charge in [0.25, 0.3) is 0 Å². The molecule has 0 atom stereocenters. The number of nitrogens with one attached hydrogen (secondary N) is 1. The van der Waals surface area contributed by atoms with Gasteiger partial charge in [-0.3, -0.25) is 0 Å². The summed E-state index contributed by atoms with van der Waals surface area (Å²) in [5.74, 6) is 0.944. The number of anilines is 1. The molecular formula is C15H17N3. The van der Waals surface area contributed by atoms with Crippen LogP contribution in [0.2, 0.25) is 0 Å². The number of hydrogen-bond acceptors (Lipinski definition) is 3. The molecule has 92 valence electrons. The maximum atomic E-state index is 5.81. The summed E-state index contributed by atoms with van der Waals surface area (Å²) >= 11 is 0. The number of hydrogen-bond donors (Lipinski definition) is 2. The molecule has 1 heterocycles. The summed E-state index contributed by atoms with van der Waals surface area (Å²) in [5, 5.41) is 3.42. The van der Waals surface area contributed by atoms with Gasteiger partial charge in [-0.05, 0) is 24.5 Å². The Kier molecular flexibility index (Phi) is 2.99. The Morgan fingerprint density at radius 1 is 1.17 bits per heavy atom. The highest BCUT2D eigenvalue weighted by Gasteiger charge is 2.22. The van der Waals surface area contributed by atoms with E-state index in [1.165, 1.54) is 18.4 Å².